The van der Waals surface area contributed by atoms with Crippen LogP contribution >= 0.6 is 0 Å². The van der Waals surface area contributed by atoms with Gasteiger partial charge in [0.25, 0.3) is 0 Å². The normalized spacial score (nSPS) is 13.8. The molecule has 33 heavy (non-hydrogen) atoms. The molecule has 0 radical (unpaired) electrons. The fraction of sp³-hybridized carbons (Fsp3) is 0.840. The van der Waals surface area contributed by atoms with Gasteiger partial charge in [-0.15, -0.1) is 0 Å². The van der Waals surface area contributed by atoms with E-state index >= 15 is 0 Å². The van der Waals surface area contributed by atoms with E-state index < -0.39 is 41.8 Å². The molecule has 8 heteroatoms. The van der Waals surface area contributed by atoms with Crippen LogP contribution in [-0.2, 0) is 23.9 Å². The van der Waals surface area contributed by atoms with Crippen molar-refractivity contribution in [3.63, 3.8) is 0 Å². The lowest BCUT2D eigenvalue weighted by Gasteiger charge is -2.33. The highest BCUT2D eigenvalue weighted by Gasteiger charge is 2.54. The van der Waals surface area contributed by atoms with Crippen LogP contribution in [0.15, 0.2) is 0 Å². The summed E-state index contributed by atoms with van der Waals surface area (Å²) < 4.78 is 5.17. The van der Waals surface area contributed by atoms with Crippen molar-refractivity contribution in [3.05, 3.63) is 0 Å². The second-order valence-electron chi connectivity index (χ2n) is 8.91. The van der Waals surface area contributed by atoms with Crippen LogP contribution in [0.2, 0.25) is 0 Å². The molecule has 0 amide bonds. The number of carboxylic acids is 3. The Morgan fingerprint density at radius 1 is 0.697 bits per heavy atom. The molecule has 0 bridgehead atoms. The van der Waals surface area contributed by atoms with Gasteiger partial charge < -0.3 is 20.1 Å². The number of carbonyl (C=O) groups excluding carboxylic acids is 1. The second kappa shape index (κ2) is 18.3. The van der Waals surface area contributed by atoms with Crippen molar-refractivity contribution in [1.82, 2.24) is 0 Å². The van der Waals surface area contributed by atoms with Gasteiger partial charge >= 0.3 is 23.9 Å². The Hall–Kier alpha value is -2.12. The van der Waals surface area contributed by atoms with Crippen molar-refractivity contribution in [2.75, 3.05) is 0 Å². The number of carbonyl (C=O) groups is 4. The monoisotopic (exact) mass is 472 g/mol. The van der Waals surface area contributed by atoms with Crippen LogP contribution < -0.4 is 0 Å². The SMILES string of the molecule is CCCCCCCCCCCC(C(=O)O)C(CC(=O)O)(OC(=O)CCCCCCC)C(=O)O. The molecule has 0 fully saturated rings. The van der Waals surface area contributed by atoms with Crippen molar-refractivity contribution in [2.45, 2.75) is 129 Å². The molecule has 2 unspecified atom stereocenters. The van der Waals surface area contributed by atoms with Gasteiger partial charge in [0.1, 0.15) is 5.92 Å². The first kappa shape index (κ1) is 30.9. The summed E-state index contributed by atoms with van der Waals surface area (Å²) in [5, 5.41) is 28.9. The van der Waals surface area contributed by atoms with E-state index in [1.807, 2.05) is 0 Å². The van der Waals surface area contributed by atoms with Gasteiger partial charge in [-0.05, 0) is 12.8 Å². The zero-order valence-corrected chi connectivity index (χ0v) is 20.5. The van der Waals surface area contributed by atoms with Gasteiger partial charge in [0, 0.05) is 6.42 Å². The summed E-state index contributed by atoms with van der Waals surface area (Å²) in [6, 6.07) is 0. The highest BCUT2D eigenvalue weighted by molar-refractivity contribution is 5.92. The summed E-state index contributed by atoms with van der Waals surface area (Å²) in [7, 11) is 0. The Morgan fingerprint density at radius 2 is 1.15 bits per heavy atom. The zero-order chi connectivity index (χ0) is 25.1. The molecule has 192 valence electrons. The molecule has 2 atom stereocenters. The summed E-state index contributed by atoms with van der Waals surface area (Å²) in [6.07, 6.45) is 12.0. The maximum absolute atomic E-state index is 12.4. The van der Waals surface area contributed by atoms with Crippen molar-refractivity contribution in [3.8, 4) is 0 Å². The molecule has 0 aliphatic carbocycles. The lowest BCUT2D eigenvalue weighted by Crippen LogP contribution is -2.54. The van der Waals surface area contributed by atoms with Gasteiger partial charge in [-0.1, -0.05) is 97.3 Å². The van der Waals surface area contributed by atoms with Crippen LogP contribution in [0.5, 0.6) is 0 Å². The molecule has 0 aliphatic rings. The molecule has 0 saturated heterocycles. The highest BCUT2D eigenvalue weighted by Crippen LogP contribution is 2.33. The van der Waals surface area contributed by atoms with E-state index in [1.54, 1.807) is 0 Å². The van der Waals surface area contributed by atoms with E-state index in [1.165, 1.54) is 25.7 Å². The number of ether oxygens (including phenoxy) is 1. The average Bonchev–Trinajstić information content (AvgIpc) is 2.73. The smallest absolute Gasteiger partial charge is 0.349 e. The fourth-order valence-electron chi connectivity index (χ4n) is 4.07. The third-order valence-electron chi connectivity index (χ3n) is 6.01. The van der Waals surface area contributed by atoms with E-state index in [4.69, 9.17) is 4.74 Å². The van der Waals surface area contributed by atoms with E-state index in [0.29, 0.717) is 19.3 Å². The van der Waals surface area contributed by atoms with E-state index in [0.717, 1.165) is 44.9 Å². The molecule has 0 aromatic heterocycles. The van der Waals surface area contributed by atoms with Gasteiger partial charge in [0.05, 0.1) is 6.42 Å². The summed E-state index contributed by atoms with van der Waals surface area (Å²) >= 11 is 0. The summed E-state index contributed by atoms with van der Waals surface area (Å²) in [5.41, 5.74) is -2.61. The molecule has 0 aliphatic heterocycles. The minimum Gasteiger partial charge on any atom is -0.481 e. The Labute approximate surface area is 198 Å². The minimum atomic E-state index is -2.61. The van der Waals surface area contributed by atoms with Crippen LogP contribution in [-0.4, -0.2) is 44.8 Å². The molecule has 0 spiro atoms. The summed E-state index contributed by atoms with van der Waals surface area (Å²) in [4.78, 5) is 47.9. The fourth-order valence-corrected chi connectivity index (χ4v) is 4.07. The largest absolute Gasteiger partial charge is 0.481 e. The van der Waals surface area contributed by atoms with Gasteiger partial charge in [-0.2, -0.15) is 0 Å². The first-order chi connectivity index (χ1) is 15.7. The summed E-state index contributed by atoms with van der Waals surface area (Å²) in [6.45, 7) is 4.21. The Kier molecular flexibility index (Phi) is 17.1. The standard InChI is InChI=1S/C25H44O8/c1-3-5-7-9-10-11-12-14-15-17-20(23(29)30)25(24(31)32,19-21(26)27)33-22(28)18-16-13-8-6-4-2/h20H,3-19H2,1-2H3,(H,26,27)(H,29,30)(H,31,32). The predicted octanol–water partition coefficient (Wildman–Crippen LogP) is 5.81. The maximum atomic E-state index is 12.4. The Morgan fingerprint density at radius 3 is 1.58 bits per heavy atom. The molecular formula is C25H44O8. The number of rotatable bonds is 22. The molecule has 8 nitrogen and oxygen atoms in total. The molecule has 3 N–H and O–H groups in total. The van der Waals surface area contributed by atoms with Crippen molar-refractivity contribution in [2.24, 2.45) is 5.92 Å². The van der Waals surface area contributed by atoms with Crippen LogP contribution in [0.4, 0.5) is 0 Å². The van der Waals surface area contributed by atoms with Crippen molar-refractivity contribution in [1.29, 1.82) is 0 Å². The highest BCUT2D eigenvalue weighted by atomic mass is 16.6. The lowest BCUT2D eigenvalue weighted by molar-refractivity contribution is -0.195. The molecule has 0 aromatic carbocycles. The van der Waals surface area contributed by atoms with E-state index in [9.17, 15) is 34.5 Å². The number of esters is 1. The molecular weight excluding hydrogens is 428 g/mol. The maximum Gasteiger partial charge on any atom is 0.349 e. The number of aliphatic carboxylic acids is 3. The summed E-state index contributed by atoms with van der Waals surface area (Å²) in [5.74, 6) is -7.21. The Balaban J connectivity index is 5.04. The van der Waals surface area contributed by atoms with Crippen molar-refractivity contribution >= 4 is 23.9 Å². The van der Waals surface area contributed by atoms with E-state index in [2.05, 4.69) is 13.8 Å². The van der Waals surface area contributed by atoms with Crippen molar-refractivity contribution < 1.29 is 39.2 Å². The molecule has 0 aromatic rings. The molecule has 0 saturated carbocycles. The first-order valence-corrected chi connectivity index (χ1v) is 12.6. The average molecular weight is 473 g/mol. The Bertz CT molecular complexity index is 589. The van der Waals surface area contributed by atoms with Crippen LogP contribution in [0.3, 0.4) is 0 Å². The van der Waals surface area contributed by atoms with Crippen LogP contribution in [0.25, 0.3) is 0 Å². The van der Waals surface area contributed by atoms with Gasteiger partial charge in [0.2, 0.25) is 5.60 Å². The van der Waals surface area contributed by atoms with Crippen LogP contribution in [0.1, 0.15) is 123 Å². The topological polar surface area (TPSA) is 138 Å². The zero-order valence-electron chi connectivity index (χ0n) is 20.5. The predicted molar refractivity (Wildman–Crippen MR) is 125 cm³/mol. The van der Waals surface area contributed by atoms with Crippen LogP contribution in [0, 0.1) is 5.92 Å². The minimum absolute atomic E-state index is 0.0610. The third-order valence-corrected chi connectivity index (χ3v) is 6.01. The van der Waals surface area contributed by atoms with Gasteiger partial charge in [-0.25, -0.2) is 4.79 Å². The number of unbranched alkanes of at least 4 members (excludes halogenated alkanes) is 12. The molecule has 0 rings (SSSR count). The number of carboxylic acid groups (broad SMARTS) is 3. The third kappa shape index (κ3) is 13.2. The number of hydrogen-bond donors (Lipinski definition) is 3. The number of hydrogen-bond acceptors (Lipinski definition) is 5. The van der Waals surface area contributed by atoms with Gasteiger partial charge in [-0.3, -0.25) is 14.4 Å². The quantitative estimate of drug-likeness (QED) is 0.132. The lowest BCUT2D eigenvalue weighted by atomic mass is 9.80. The first-order valence-electron chi connectivity index (χ1n) is 12.6. The van der Waals surface area contributed by atoms with Gasteiger partial charge in [0.15, 0.2) is 0 Å². The second-order valence-corrected chi connectivity index (χ2v) is 8.91. The van der Waals surface area contributed by atoms with E-state index in [-0.39, 0.29) is 12.8 Å². The molecule has 0 heterocycles.